The predicted octanol–water partition coefficient (Wildman–Crippen LogP) is 11.4. The van der Waals surface area contributed by atoms with Crippen molar-refractivity contribution in [3.63, 3.8) is 0 Å². The Morgan fingerprint density at radius 3 is 1.08 bits per heavy atom. The normalized spacial score (nSPS) is 9.53. The van der Waals surface area contributed by atoms with E-state index in [0.29, 0.717) is 0 Å². The molecule has 0 aliphatic carbocycles. The molecule has 0 saturated carbocycles. The minimum atomic E-state index is 1.27. The first-order chi connectivity index (χ1) is 17.6. The van der Waals surface area contributed by atoms with E-state index in [1.807, 2.05) is 55.4 Å². The van der Waals surface area contributed by atoms with E-state index in [-0.39, 0.29) is 0 Å². The number of rotatable bonds is 2. The fourth-order valence-corrected chi connectivity index (χ4v) is 4.23. The Hall–Kier alpha value is -3.32. The molecule has 0 amide bonds. The highest BCUT2D eigenvalue weighted by atomic mass is 14.9. The van der Waals surface area contributed by atoms with Gasteiger partial charge in [-0.15, -0.1) is 0 Å². The van der Waals surface area contributed by atoms with E-state index in [1.54, 1.807) is 0 Å². The molecule has 0 fully saturated rings. The van der Waals surface area contributed by atoms with Crippen molar-refractivity contribution in [2.45, 2.75) is 69.2 Å². The zero-order chi connectivity index (χ0) is 27.3. The SMILES string of the molecule is CC.CC.CC.CC.Cc1cccc(-c2ccc3c(c2)c2cc(-c4cccc(C)c4)ccc2n3C)c1. The maximum Gasteiger partial charge on any atom is 0.0489 e. The monoisotopic (exact) mass is 481 g/mol. The summed E-state index contributed by atoms with van der Waals surface area (Å²) in [7, 11) is 2.16. The third-order valence-electron chi connectivity index (χ3n) is 5.71. The molecule has 1 aromatic heterocycles. The number of aromatic nitrogens is 1. The summed E-state index contributed by atoms with van der Waals surface area (Å²) in [5.41, 5.74) is 10.2. The van der Waals surface area contributed by atoms with Crippen LogP contribution in [0.25, 0.3) is 44.1 Å². The van der Waals surface area contributed by atoms with Crippen molar-refractivity contribution >= 4 is 21.8 Å². The van der Waals surface area contributed by atoms with E-state index < -0.39 is 0 Å². The second kappa shape index (κ2) is 15.6. The highest BCUT2D eigenvalue weighted by Crippen LogP contribution is 2.34. The van der Waals surface area contributed by atoms with E-state index >= 15 is 0 Å². The Bertz CT molecular complexity index is 1240. The Morgan fingerprint density at radius 1 is 0.417 bits per heavy atom. The minimum absolute atomic E-state index is 1.27. The molecule has 0 aliphatic rings. The summed E-state index contributed by atoms with van der Waals surface area (Å²) in [6.07, 6.45) is 0. The van der Waals surface area contributed by atoms with Crippen LogP contribution in [0, 0.1) is 13.8 Å². The van der Waals surface area contributed by atoms with Gasteiger partial charge in [0.2, 0.25) is 0 Å². The van der Waals surface area contributed by atoms with E-state index in [4.69, 9.17) is 0 Å². The molecule has 36 heavy (non-hydrogen) atoms. The Labute approximate surface area is 220 Å². The number of benzene rings is 4. The Balaban J connectivity index is 0.000000741. The number of nitrogens with zero attached hydrogens (tertiary/aromatic N) is 1. The van der Waals surface area contributed by atoms with Crippen LogP contribution in [0.5, 0.6) is 0 Å². The lowest BCUT2D eigenvalue weighted by Gasteiger charge is -2.05. The Kier molecular flexibility index (Phi) is 13.3. The predicted molar refractivity (Wildman–Crippen MR) is 166 cm³/mol. The van der Waals surface area contributed by atoms with Crippen molar-refractivity contribution in [2.24, 2.45) is 7.05 Å². The van der Waals surface area contributed by atoms with Gasteiger partial charge in [0.1, 0.15) is 0 Å². The Morgan fingerprint density at radius 2 is 0.750 bits per heavy atom. The summed E-state index contributed by atoms with van der Waals surface area (Å²) in [6, 6.07) is 31.1. The second-order valence-corrected chi connectivity index (χ2v) is 7.76. The first kappa shape index (κ1) is 30.7. The van der Waals surface area contributed by atoms with Crippen molar-refractivity contribution in [1.29, 1.82) is 0 Å². The van der Waals surface area contributed by atoms with Crippen LogP contribution in [0.2, 0.25) is 0 Å². The summed E-state index contributed by atoms with van der Waals surface area (Å²) in [4.78, 5) is 0. The fraction of sp³-hybridized carbons (Fsp3) is 0.314. The van der Waals surface area contributed by atoms with Gasteiger partial charge in [-0.25, -0.2) is 0 Å². The molecule has 1 nitrogen and oxygen atoms in total. The molecule has 0 radical (unpaired) electrons. The van der Waals surface area contributed by atoms with Gasteiger partial charge in [0.05, 0.1) is 0 Å². The molecule has 0 saturated heterocycles. The van der Waals surface area contributed by atoms with Crippen LogP contribution in [-0.2, 0) is 7.05 Å². The summed E-state index contributed by atoms with van der Waals surface area (Å²) in [5.74, 6) is 0. The molecule has 4 aromatic carbocycles. The highest BCUT2D eigenvalue weighted by molar-refractivity contribution is 6.10. The van der Waals surface area contributed by atoms with Gasteiger partial charge in [-0.1, -0.05) is 127 Å². The van der Waals surface area contributed by atoms with Crippen molar-refractivity contribution in [2.75, 3.05) is 0 Å². The van der Waals surface area contributed by atoms with Gasteiger partial charge < -0.3 is 4.57 Å². The van der Waals surface area contributed by atoms with Crippen molar-refractivity contribution < 1.29 is 0 Å². The summed E-state index contributed by atoms with van der Waals surface area (Å²) < 4.78 is 2.30. The van der Waals surface area contributed by atoms with Gasteiger partial charge >= 0.3 is 0 Å². The van der Waals surface area contributed by atoms with Gasteiger partial charge in [0, 0.05) is 28.9 Å². The summed E-state index contributed by atoms with van der Waals surface area (Å²) in [5, 5.41) is 2.62. The van der Waals surface area contributed by atoms with Crippen molar-refractivity contribution in [3.8, 4) is 22.3 Å². The highest BCUT2D eigenvalue weighted by Gasteiger charge is 2.11. The smallest absolute Gasteiger partial charge is 0.0489 e. The molecule has 5 aromatic rings. The first-order valence-electron chi connectivity index (χ1n) is 13.8. The quantitative estimate of drug-likeness (QED) is 0.236. The molecular weight excluding hydrogens is 434 g/mol. The minimum Gasteiger partial charge on any atom is -0.344 e. The molecule has 0 atom stereocenters. The van der Waals surface area contributed by atoms with Crippen LogP contribution in [0.3, 0.4) is 0 Å². The topological polar surface area (TPSA) is 4.93 Å². The largest absolute Gasteiger partial charge is 0.344 e. The van der Waals surface area contributed by atoms with E-state index in [0.717, 1.165) is 0 Å². The van der Waals surface area contributed by atoms with Crippen LogP contribution in [0.15, 0.2) is 84.9 Å². The molecule has 0 bridgehead atoms. The lowest BCUT2D eigenvalue weighted by atomic mass is 9.99. The van der Waals surface area contributed by atoms with Crippen LogP contribution in [0.4, 0.5) is 0 Å². The number of fused-ring (bicyclic) bond motifs is 3. The number of aryl methyl sites for hydroxylation is 3. The van der Waals surface area contributed by atoms with Gasteiger partial charge in [-0.2, -0.15) is 0 Å². The zero-order valence-electron chi connectivity index (χ0n) is 24.5. The summed E-state index contributed by atoms with van der Waals surface area (Å²) in [6.45, 7) is 20.3. The molecule has 0 N–H and O–H groups in total. The van der Waals surface area contributed by atoms with Gasteiger partial charge in [-0.05, 0) is 60.4 Å². The standard InChI is InChI=1S/C27H23N.4C2H6/c1-18-6-4-8-20(14-18)22-10-12-26-24(16-22)25-17-23(11-13-27(25)28(26)3)21-9-5-7-19(2)15-21;4*1-2/h4-17H,1-3H3;4*1-2H3. The number of hydrogen-bond acceptors (Lipinski definition) is 0. The second-order valence-electron chi connectivity index (χ2n) is 7.76. The van der Waals surface area contributed by atoms with Crippen LogP contribution in [0.1, 0.15) is 66.5 Å². The average Bonchev–Trinajstić information content (AvgIpc) is 3.24. The zero-order valence-corrected chi connectivity index (χ0v) is 24.5. The van der Waals surface area contributed by atoms with E-state index in [2.05, 4.69) is 110 Å². The molecular formula is C35H47N. The van der Waals surface area contributed by atoms with Gasteiger partial charge in [-0.3, -0.25) is 0 Å². The maximum absolute atomic E-state index is 2.34. The fourth-order valence-electron chi connectivity index (χ4n) is 4.23. The first-order valence-corrected chi connectivity index (χ1v) is 13.8. The lowest BCUT2D eigenvalue weighted by Crippen LogP contribution is -1.86. The summed E-state index contributed by atoms with van der Waals surface area (Å²) >= 11 is 0. The van der Waals surface area contributed by atoms with Crippen molar-refractivity contribution in [3.05, 3.63) is 96.1 Å². The average molecular weight is 482 g/mol. The van der Waals surface area contributed by atoms with Gasteiger partial charge in [0.15, 0.2) is 0 Å². The van der Waals surface area contributed by atoms with Gasteiger partial charge in [0.25, 0.3) is 0 Å². The third-order valence-corrected chi connectivity index (χ3v) is 5.71. The molecule has 1 heterocycles. The van der Waals surface area contributed by atoms with Crippen molar-refractivity contribution in [1.82, 2.24) is 4.57 Å². The molecule has 1 heteroatoms. The van der Waals surface area contributed by atoms with E-state index in [1.165, 1.54) is 55.2 Å². The molecule has 0 spiro atoms. The molecule has 192 valence electrons. The van der Waals surface area contributed by atoms with E-state index in [9.17, 15) is 0 Å². The van der Waals surface area contributed by atoms with Crippen LogP contribution < -0.4 is 0 Å². The molecule has 5 rings (SSSR count). The number of hydrogen-bond donors (Lipinski definition) is 0. The lowest BCUT2D eigenvalue weighted by molar-refractivity contribution is 1.01. The van der Waals surface area contributed by atoms with Crippen LogP contribution >= 0.6 is 0 Å². The molecule has 0 unspecified atom stereocenters. The third kappa shape index (κ3) is 6.88. The molecule has 0 aliphatic heterocycles. The maximum atomic E-state index is 2.34. The van der Waals surface area contributed by atoms with Crippen LogP contribution in [-0.4, -0.2) is 4.57 Å².